The Kier molecular flexibility index (Phi) is 8.25. The molecule has 0 aliphatic heterocycles. The van der Waals surface area contributed by atoms with Crippen molar-refractivity contribution >= 4 is 11.8 Å². The summed E-state index contributed by atoms with van der Waals surface area (Å²) in [4.78, 5) is 28.0. The molecule has 0 saturated heterocycles. The maximum absolute atomic E-state index is 13.4. The van der Waals surface area contributed by atoms with Crippen LogP contribution in [0.2, 0.25) is 0 Å². The molecule has 172 valence electrons. The van der Waals surface area contributed by atoms with E-state index in [-0.39, 0.29) is 18.4 Å². The Morgan fingerprint density at radius 1 is 0.879 bits per heavy atom. The quantitative estimate of drug-likeness (QED) is 0.533. The molecule has 1 N–H and O–H groups in total. The van der Waals surface area contributed by atoms with E-state index in [4.69, 9.17) is 4.74 Å². The van der Waals surface area contributed by atoms with E-state index in [9.17, 15) is 9.59 Å². The number of ether oxygens (including phenoxy) is 1. The number of amides is 2. The van der Waals surface area contributed by atoms with Crippen LogP contribution in [0.4, 0.5) is 0 Å². The predicted molar refractivity (Wildman–Crippen MR) is 131 cm³/mol. The lowest BCUT2D eigenvalue weighted by molar-refractivity contribution is -0.142. The van der Waals surface area contributed by atoms with Crippen molar-refractivity contribution in [3.05, 3.63) is 101 Å². The van der Waals surface area contributed by atoms with Gasteiger partial charge in [-0.15, -0.1) is 0 Å². The molecule has 3 rings (SSSR count). The molecule has 1 atom stereocenters. The van der Waals surface area contributed by atoms with Gasteiger partial charge in [-0.3, -0.25) is 9.59 Å². The molecule has 0 aromatic heterocycles. The molecule has 0 aliphatic rings. The van der Waals surface area contributed by atoms with Gasteiger partial charge in [0.25, 0.3) is 5.91 Å². The molecule has 0 fully saturated rings. The van der Waals surface area contributed by atoms with Gasteiger partial charge in [-0.05, 0) is 55.2 Å². The second-order valence-electron chi connectivity index (χ2n) is 8.36. The van der Waals surface area contributed by atoms with E-state index in [1.54, 1.807) is 11.9 Å². The SMILES string of the molecule is CNC(=O)C(Cc1ccccc1)N(Cc1ccc(C)cc1)C(=O)COc1ccc(C)c(C)c1. The summed E-state index contributed by atoms with van der Waals surface area (Å²) in [6.45, 7) is 6.24. The molecule has 0 aliphatic carbocycles. The van der Waals surface area contributed by atoms with Crippen molar-refractivity contribution in [3.8, 4) is 5.75 Å². The smallest absolute Gasteiger partial charge is 0.261 e. The fourth-order valence-electron chi connectivity index (χ4n) is 3.64. The average Bonchev–Trinajstić information content (AvgIpc) is 2.83. The summed E-state index contributed by atoms with van der Waals surface area (Å²) in [7, 11) is 1.60. The molecule has 0 heterocycles. The van der Waals surface area contributed by atoms with E-state index >= 15 is 0 Å². The first kappa shape index (κ1) is 24.1. The first-order valence-electron chi connectivity index (χ1n) is 11.2. The van der Waals surface area contributed by atoms with E-state index in [2.05, 4.69) is 5.32 Å². The monoisotopic (exact) mass is 444 g/mol. The van der Waals surface area contributed by atoms with Crippen LogP contribution < -0.4 is 10.1 Å². The van der Waals surface area contributed by atoms with Crippen molar-refractivity contribution in [3.63, 3.8) is 0 Å². The molecular formula is C28H32N2O3. The van der Waals surface area contributed by atoms with Gasteiger partial charge in [0.2, 0.25) is 5.91 Å². The first-order chi connectivity index (χ1) is 15.9. The Morgan fingerprint density at radius 2 is 1.58 bits per heavy atom. The van der Waals surface area contributed by atoms with Crippen LogP contribution >= 0.6 is 0 Å². The standard InChI is InChI=1S/C28H32N2O3/c1-20-10-13-24(14-11-20)18-30(26(28(32)29-4)17-23-8-6-5-7-9-23)27(31)19-33-25-15-12-21(2)22(3)16-25/h5-16,26H,17-19H2,1-4H3,(H,29,32). The zero-order valence-electron chi connectivity index (χ0n) is 19.8. The molecule has 3 aromatic rings. The Morgan fingerprint density at radius 3 is 2.21 bits per heavy atom. The number of aryl methyl sites for hydroxylation is 3. The highest BCUT2D eigenvalue weighted by atomic mass is 16.5. The van der Waals surface area contributed by atoms with Crippen molar-refractivity contribution in [2.45, 2.75) is 39.8 Å². The van der Waals surface area contributed by atoms with Gasteiger partial charge in [0.1, 0.15) is 11.8 Å². The van der Waals surface area contributed by atoms with Crippen LogP contribution in [0.25, 0.3) is 0 Å². The highest BCUT2D eigenvalue weighted by Crippen LogP contribution is 2.18. The van der Waals surface area contributed by atoms with Gasteiger partial charge in [-0.25, -0.2) is 0 Å². The van der Waals surface area contributed by atoms with Gasteiger partial charge >= 0.3 is 0 Å². The molecule has 0 radical (unpaired) electrons. The summed E-state index contributed by atoms with van der Waals surface area (Å²) >= 11 is 0. The maximum atomic E-state index is 13.4. The first-order valence-corrected chi connectivity index (χ1v) is 11.2. The summed E-state index contributed by atoms with van der Waals surface area (Å²) in [5, 5.41) is 2.73. The van der Waals surface area contributed by atoms with Gasteiger partial charge in [-0.1, -0.05) is 66.2 Å². The number of benzene rings is 3. The molecule has 33 heavy (non-hydrogen) atoms. The van der Waals surface area contributed by atoms with Crippen molar-refractivity contribution in [1.29, 1.82) is 0 Å². The molecule has 0 bridgehead atoms. The third kappa shape index (κ3) is 6.69. The lowest BCUT2D eigenvalue weighted by atomic mass is 10.0. The molecule has 0 saturated carbocycles. The fourth-order valence-corrected chi connectivity index (χ4v) is 3.64. The third-order valence-electron chi connectivity index (χ3n) is 5.83. The number of hydrogen-bond acceptors (Lipinski definition) is 3. The van der Waals surface area contributed by atoms with E-state index in [0.717, 1.165) is 27.8 Å². The van der Waals surface area contributed by atoms with E-state index < -0.39 is 6.04 Å². The molecule has 1 unspecified atom stereocenters. The highest BCUT2D eigenvalue weighted by molar-refractivity contribution is 5.88. The van der Waals surface area contributed by atoms with E-state index in [1.165, 1.54) is 0 Å². The second-order valence-corrected chi connectivity index (χ2v) is 8.36. The number of nitrogens with one attached hydrogen (secondary N) is 1. The number of likely N-dealkylation sites (N-methyl/N-ethyl adjacent to an activating group) is 1. The van der Waals surface area contributed by atoms with Crippen molar-refractivity contribution in [2.75, 3.05) is 13.7 Å². The van der Waals surface area contributed by atoms with Crippen molar-refractivity contribution in [1.82, 2.24) is 10.2 Å². The fraction of sp³-hybridized carbons (Fsp3) is 0.286. The Hall–Kier alpha value is -3.60. The summed E-state index contributed by atoms with van der Waals surface area (Å²) in [5.74, 6) is 0.199. The normalized spacial score (nSPS) is 11.5. The van der Waals surface area contributed by atoms with Crippen LogP contribution in [0.5, 0.6) is 5.75 Å². The van der Waals surface area contributed by atoms with Crippen LogP contribution in [0, 0.1) is 20.8 Å². The number of carbonyl (C=O) groups excluding carboxylic acids is 2. The highest BCUT2D eigenvalue weighted by Gasteiger charge is 2.30. The minimum Gasteiger partial charge on any atom is -0.484 e. The van der Waals surface area contributed by atoms with Gasteiger partial charge in [0.05, 0.1) is 0 Å². The van der Waals surface area contributed by atoms with E-state index in [0.29, 0.717) is 18.7 Å². The number of rotatable bonds is 9. The lowest BCUT2D eigenvalue weighted by Gasteiger charge is -2.31. The van der Waals surface area contributed by atoms with Gasteiger partial charge in [-0.2, -0.15) is 0 Å². The molecule has 2 amide bonds. The van der Waals surface area contributed by atoms with E-state index in [1.807, 2.05) is 93.6 Å². The minimum atomic E-state index is -0.658. The van der Waals surface area contributed by atoms with Crippen LogP contribution in [0.3, 0.4) is 0 Å². The van der Waals surface area contributed by atoms with Crippen LogP contribution in [0.1, 0.15) is 27.8 Å². The average molecular weight is 445 g/mol. The lowest BCUT2D eigenvalue weighted by Crippen LogP contribution is -2.51. The van der Waals surface area contributed by atoms with Crippen LogP contribution in [0.15, 0.2) is 72.8 Å². The summed E-state index contributed by atoms with van der Waals surface area (Å²) < 4.78 is 5.83. The Bertz CT molecular complexity index is 1080. The van der Waals surface area contributed by atoms with Crippen molar-refractivity contribution < 1.29 is 14.3 Å². The maximum Gasteiger partial charge on any atom is 0.261 e. The molecule has 5 heteroatoms. The zero-order chi connectivity index (χ0) is 23.8. The molecular weight excluding hydrogens is 412 g/mol. The van der Waals surface area contributed by atoms with Crippen LogP contribution in [-0.4, -0.2) is 36.4 Å². The predicted octanol–water partition coefficient (Wildman–Crippen LogP) is 4.38. The number of nitrogens with zero attached hydrogens (tertiary/aromatic N) is 1. The van der Waals surface area contributed by atoms with Gasteiger partial charge < -0.3 is 15.0 Å². The molecule has 3 aromatic carbocycles. The third-order valence-corrected chi connectivity index (χ3v) is 5.83. The van der Waals surface area contributed by atoms with Gasteiger partial charge in [0, 0.05) is 20.0 Å². The topological polar surface area (TPSA) is 58.6 Å². The zero-order valence-corrected chi connectivity index (χ0v) is 19.8. The Labute approximate surface area is 196 Å². The Balaban J connectivity index is 1.86. The minimum absolute atomic E-state index is 0.142. The number of hydrogen-bond donors (Lipinski definition) is 1. The second kappa shape index (κ2) is 11.3. The molecule has 0 spiro atoms. The summed E-state index contributed by atoms with van der Waals surface area (Å²) in [6, 6.07) is 22.8. The largest absolute Gasteiger partial charge is 0.484 e. The number of carbonyl (C=O) groups is 2. The van der Waals surface area contributed by atoms with Crippen LogP contribution in [-0.2, 0) is 22.6 Å². The van der Waals surface area contributed by atoms with Crippen molar-refractivity contribution in [2.24, 2.45) is 0 Å². The molecule has 5 nitrogen and oxygen atoms in total. The summed E-state index contributed by atoms with van der Waals surface area (Å²) in [6.07, 6.45) is 0.418. The van der Waals surface area contributed by atoms with Gasteiger partial charge in [0.15, 0.2) is 6.61 Å². The summed E-state index contributed by atoms with van der Waals surface area (Å²) in [5.41, 5.74) is 5.35.